The number of rotatable bonds is 1. The fourth-order valence-electron chi connectivity index (χ4n) is 3.69. The van der Waals surface area contributed by atoms with Gasteiger partial charge in [-0.05, 0) is 38.1 Å². The lowest BCUT2D eigenvalue weighted by Gasteiger charge is -2.51. The first-order valence-corrected chi connectivity index (χ1v) is 6.60. The van der Waals surface area contributed by atoms with Crippen molar-refractivity contribution in [2.24, 2.45) is 5.92 Å². The van der Waals surface area contributed by atoms with Crippen molar-refractivity contribution in [1.29, 1.82) is 0 Å². The summed E-state index contributed by atoms with van der Waals surface area (Å²) in [5.74, 6) is -0.799. The molecule has 2 bridgehead atoms. The van der Waals surface area contributed by atoms with Crippen molar-refractivity contribution in [3.63, 3.8) is 0 Å². The molecule has 4 aliphatic rings. The Kier molecular flexibility index (Phi) is 2.26. The molecule has 4 saturated heterocycles. The second-order valence-electron chi connectivity index (χ2n) is 5.46. The molecule has 4 fully saturated rings. The molecule has 1 aromatic rings. The zero-order valence-corrected chi connectivity index (χ0v) is 10.1. The van der Waals surface area contributed by atoms with Crippen molar-refractivity contribution in [3.8, 4) is 0 Å². The molecule has 5 nitrogen and oxygen atoms in total. The molecule has 0 unspecified atom stereocenters. The van der Waals surface area contributed by atoms with Crippen molar-refractivity contribution in [2.75, 3.05) is 13.1 Å². The largest absolute Gasteiger partial charge is 0.363 e. The van der Waals surface area contributed by atoms with Gasteiger partial charge in [-0.1, -0.05) is 6.07 Å². The fraction of sp³-hybridized carbons (Fsp3) is 0.615. The number of hydrogen-bond donors (Lipinski definition) is 2. The maximum Gasteiger partial charge on any atom is 0.205 e. The molecule has 0 aromatic carbocycles. The third-order valence-corrected chi connectivity index (χ3v) is 4.60. The average molecular weight is 247 g/mol. The van der Waals surface area contributed by atoms with Crippen LogP contribution < -0.4 is 5.48 Å². The number of hydrogen-bond acceptors (Lipinski definition) is 5. The monoisotopic (exact) mass is 247 g/mol. The van der Waals surface area contributed by atoms with Gasteiger partial charge in [-0.3, -0.25) is 14.7 Å². The number of fused-ring (bicyclic) bond motifs is 2. The van der Waals surface area contributed by atoms with E-state index in [-0.39, 0.29) is 18.0 Å². The Balaban J connectivity index is 1.72. The van der Waals surface area contributed by atoms with Gasteiger partial charge in [-0.2, -0.15) is 5.48 Å². The predicted octanol–water partition coefficient (Wildman–Crippen LogP) is 0.440. The maximum atomic E-state index is 10.8. The van der Waals surface area contributed by atoms with E-state index in [0.717, 1.165) is 31.6 Å². The van der Waals surface area contributed by atoms with Crippen LogP contribution in [0, 0.1) is 5.92 Å². The number of hydroxylamine groups is 1. The Morgan fingerprint density at radius 2 is 2.22 bits per heavy atom. The van der Waals surface area contributed by atoms with E-state index in [1.165, 1.54) is 0 Å². The van der Waals surface area contributed by atoms with E-state index in [4.69, 9.17) is 4.84 Å². The van der Waals surface area contributed by atoms with E-state index < -0.39 is 5.79 Å². The van der Waals surface area contributed by atoms with Gasteiger partial charge in [0.1, 0.15) is 0 Å². The van der Waals surface area contributed by atoms with Crippen LogP contribution in [0.25, 0.3) is 0 Å². The summed E-state index contributed by atoms with van der Waals surface area (Å²) in [7, 11) is 0. The van der Waals surface area contributed by atoms with Gasteiger partial charge in [0.2, 0.25) is 5.79 Å². The molecule has 4 aliphatic heterocycles. The van der Waals surface area contributed by atoms with Crippen LogP contribution in [-0.2, 0) is 4.84 Å². The van der Waals surface area contributed by atoms with Crippen LogP contribution in [0.15, 0.2) is 24.4 Å². The Labute approximate surface area is 106 Å². The SMILES string of the molecule is O[C@@]12ON[C@H](c3ccccn3)[C@@H]1N1CCC2CC1. The number of aromatic nitrogens is 1. The highest BCUT2D eigenvalue weighted by molar-refractivity contribution is 5.18. The van der Waals surface area contributed by atoms with Gasteiger partial charge >= 0.3 is 0 Å². The Morgan fingerprint density at radius 1 is 1.39 bits per heavy atom. The summed E-state index contributed by atoms with van der Waals surface area (Å²) in [4.78, 5) is 12.3. The number of piperidine rings is 3. The summed E-state index contributed by atoms with van der Waals surface area (Å²) in [6, 6.07) is 5.80. The molecule has 18 heavy (non-hydrogen) atoms. The van der Waals surface area contributed by atoms with Gasteiger partial charge in [0.05, 0.1) is 17.8 Å². The Hall–Kier alpha value is -1.01. The van der Waals surface area contributed by atoms with E-state index in [0.29, 0.717) is 0 Å². The van der Waals surface area contributed by atoms with Crippen LogP contribution in [0.4, 0.5) is 0 Å². The van der Waals surface area contributed by atoms with Crippen LogP contribution in [0.5, 0.6) is 0 Å². The van der Waals surface area contributed by atoms with Crippen LogP contribution >= 0.6 is 0 Å². The van der Waals surface area contributed by atoms with Crippen LogP contribution in [0.2, 0.25) is 0 Å². The van der Waals surface area contributed by atoms with Gasteiger partial charge in [0.15, 0.2) is 0 Å². The average Bonchev–Trinajstić information content (AvgIpc) is 2.81. The fourth-order valence-corrected chi connectivity index (χ4v) is 3.69. The predicted molar refractivity (Wildman–Crippen MR) is 64.2 cm³/mol. The van der Waals surface area contributed by atoms with Gasteiger partial charge in [0.25, 0.3) is 0 Å². The first-order chi connectivity index (χ1) is 8.79. The summed E-state index contributed by atoms with van der Waals surface area (Å²) in [6.45, 7) is 2.10. The topological polar surface area (TPSA) is 57.6 Å². The lowest BCUT2D eigenvalue weighted by molar-refractivity contribution is -0.285. The van der Waals surface area contributed by atoms with Gasteiger partial charge < -0.3 is 5.11 Å². The summed E-state index contributed by atoms with van der Waals surface area (Å²) in [5, 5.41) is 10.8. The molecular weight excluding hydrogens is 230 g/mol. The molecule has 0 spiro atoms. The Morgan fingerprint density at radius 3 is 2.94 bits per heavy atom. The number of pyridine rings is 1. The minimum atomic E-state index is -1.04. The molecule has 1 aromatic heterocycles. The smallest absolute Gasteiger partial charge is 0.205 e. The lowest BCUT2D eigenvalue weighted by Crippen LogP contribution is -2.65. The first kappa shape index (κ1) is 10.9. The zero-order valence-electron chi connectivity index (χ0n) is 10.1. The third kappa shape index (κ3) is 1.33. The van der Waals surface area contributed by atoms with E-state index in [1.807, 2.05) is 18.2 Å². The van der Waals surface area contributed by atoms with E-state index in [9.17, 15) is 5.11 Å². The van der Waals surface area contributed by atoms with Crippen molar-refractivity contribution in [3.05, 3.63) is 30.1 Å². The van der Waals surface area contributed by atoms with Crippen molar-refractivity contribution in [1.82, 2.24) is 15.4 Å². The maximum absolute atomic E-state index is 10.8. The lowest BCUT2D eigenvalue weighted by atomic mass is 9.75. The number of nitrogens with one attached hydrogen (secondary N) is 1. The normalized spacial score (nSPS) is 46.1. The molecule has 0 radical (unpaired) electrons. The molecule has 0 aliphatic carbocycles. The van der Waals surface area contributed by atoms with E-state index in [2.05, 4.69) is 15.4 Å². The number of nitrogens with zero attached hydrogens (tertiary/aromatic N) is 2. The first-order valence-electron chi connectivity index (χ1n) is 6.60. The van der Waals surface area contributed by atoms with E-state index >= 15 is 0 Å². The second-order valence-corrected chi connectivity index (χ2v) is 5.46. The van der Waals surface area contributed by atoms with Gasteiger partial charge in [-0.15, -0.1) is 0 Å². The van der Waals surface area contributed by atoms with Gasteiger partial charge in [-0.25, -0.2) is 0 Å². The summed E-state index contributed by atoms with van der Waals surface area (Å²) in [5.41, 5.74) is 3.94. The van der Waals surface area contributed by atoms with Crippen LogP contribution in [0.3, 0.4) is 0 Å². The minimum Gasteiger partial charge on any atom is -0.363 e. The van der Waals surface area contributed by atoms with Crippen molar-refractivity contribution >= 4 is 0 Å². The molecule has 5 heterocycles. The molecule has 0 saturated carbocycles. The molecule has 96 valence electrons. The standard InChI is InChI=1S/C13H17N3O2/c17-13-9-4-7-16(8-5-9)12(13)11(15-18-13)10-3-1-2-6-14-10/h1-3,6,9,11-12,15,17H,4-5,7-8H2/t11-,12+,13+/m1/s1. The Bertz CT molecular complexity index is 447. The van der Waals surface area contributed by atoms with Gasteiger partial charge in [0, 0.05) is 12.1 Å². The molecule has 0 amide bonds. The highest BCUT2D eigenvalue weighted by atomic mass is 16.8. The van der Waals surface area contributed by atoms with Crippen LogP contribution in [-0.4, -0.2) is 39.9 Å². The summed E-state index contributed by atoms with van der Waals surface area (Å²) >= 11 is 0. The molecular formula is C13H17N3O2. The quantitative estimate of drug-likeness (QED) is 0.754. The molecule has 2 N–H and O–H groups in total. The second kappa shape index (κ2) is 3.74. The summed E-state index contributed by atoms with van der Waals surface area (Å²) < 4.78 is 0. The van der Waals surface area contributed by atoms with Crippen LogP contribution in [0.1, 0.15) is 24.6 Å². The third-order valence-electron chi connectivity index (χ3n) is 4.60. The molecule has 5 heteroatoms. The minimum absolute atomic E-state index is 0.0140. The summed E-state index contributed by atoms with van der Waals surface area (Å²) in [6.07, 6.45) is 3.82. The molecule has 3 atom stereocenters. The number of aliphatic hydroxyl groups is 1. The van der Waals surface area contributed by atoms with Crippen molar-refractivity contribution in [2.45, 2.75) is 30.7 Å². The highest BCUT2D eigenvalue weighted by Crippen LogP contribution is 2.48. The van der Waals surface area contributed by atoms with E-state index in [1.54, 1.807) is 6.20 Å². The highest BCUT2D eigenvalue weighted by Gasteiger charge is 2.61. The van der Waals surface area contributed by atoms with Crippen molar-refractivity contribution < 1.29 is 9.94 Å². The zero-order chi connectivity index (χ0) is 12.2. The molecule has 5 rings (SSSR count).